The molecule has 4 aliphatic carbocycles. The van der Waals surface area contributed by atoms with Crippen LogP contribution in [0.4, 0.5) is 0 Å². The summed E-state index contributed by atoms with van der Waals surface area (Å²) in [6.07, 6.45) is 13.9. The van der Waals surface area contributed by atoms with E-state index in [-0.39, 0.29) is 5.92 Å². The molecular weight excluding hydrogens is 518 g/mol. The number of hydrogen-bond donors (Lipinski definition) is 0. The zero-order valence-electron chi connectivity index (χ0n) is 27.5. The number of nitrogens with zero attached hydrogens (tertiary/aromatic N) is 1. The molecule has 1 aromatic rings. The number of benzene rings is 1. The van der Waals surface area contributed by atoms with E-state index in [0.717, 1.165) is 56.2 Å². The second-order valence-electron chi connectivity index (χ2n) is 15.7. The Morgan fingerprint density at radius 2 is 1.74 bits per heavy atom. The molecule has 42 heavy (non-hydrogen) atoms. The molecule has 1 amide bonds. The van der Waals surface area contributed by atoms with Crippen molar-refractivity contribution in [2.24, 2.45) is 52.3 Å². The summed E-state index contributed by atoms with van der Waals surface area (Å²) in [5.74, 6) is 5.09. The van der Waals surface area contributed by atoms with Gasteiger partial charge in [-0.05, 0) is 130 Å². The van der Waals surface area contributed by atoms with Crippen LogP contribution in [0.2, 0.25) is 0 Å². The van der Waals surface area contributed by atoms with E-state index in [1.807, 2.05) is 4.90 Å². The molecule has 1 heterocycles. The van der Waals surface area contributed by atoms with Crippen molar-refractivity contribution in [2.45, 2.75) is 131 Å². The minimum Gasteiger partial charge on any atom is -0.374 e. The van der Waals surface area contributed by atoms with Crippen molar-refractivity contribution in [3.8, 4) is 0 Å². The predicted molar refractivity (Wildman–Crippen MR) is 170 cm³/mol. The first-order valence-electron chi connectivity index (χ1n) is 17.8. The van der Waals surface area contributed by atoms with Crippen LogP contribution in [0, 0.1) is 52.3 Å². The summed E-state index contributed by atoms with van der Waals surface area (Å²) < 4.78 is 13.4. The third-order valence-corrected chi connectivity index (χ3v) is 13.9. The number of carbonyl (C=O) groups excluding carboxylic acids is 1. The van der Waals surface area contributed by atoms with Crippen molar-refractivity contribution in [3.63, 3.8) is 0 Å². The lowest BCUT2D eigenvalue weighted by atomic mass is 9.44. The van der Waals surface area contributed by atoms with Crippen LogP contribution in [0.3, 0.4) is 0 Å². The number of rotatable bonds is 9. The number of fused-ring (bicyclic) bond motifs is 7. The molecule has 0 radical (unpaired) electrons. The number of hydrogen-bond acceptors (Lipinski definition) is 3. The lowest BCUT2D eigenvalue weighted by molar-refractivity contribution is -0.139. The topological polar surface area (TPSA) is 38.8 Å². The summed E-state index contributed by atoms with van der Waals surface area (Å²) in [4.78, 5) is 14.9. The third-order valence-electron chi connectivity index (χ3n) is 13.9. The van der Waals surface area contributed by atoms with Gasteiger partial charge in [0.1, 0.15) is 0 Å². The Hall–Kier alpha value is -1.39. The van der Waals surface area contributed by atoms with Gasteiger partial charge in [0.2, 0.25) is 5.91 Å². The molecule has 4 saturated carbocycles. The quantitative estimate of drug-likeness (QED) is 0.295. The van der Waals surface area contributed by atoms with Crippen molar-refractivity contribution >= 4 is 5.91 Å². The molecule has 5 aliphatic rings. The Kier molecular flexibility index (Phi) is 8.89. The molecule has 0 unspecified atom stereocenters. The van der Waals surface area contributed by atoms with Gasteiger partial charge in [0.05, 0.1) is 24.9 Å². The van der Waals surface area contributed by atoms with Crippen LogP contribution in [-0.4, -0.2) is 42.2 Å². The van der Waals surface area contributed by atoms with Crippen LogP contribution in [0.15, 0.2) is 30.3 Å². The monoisotopic (exact) mass is 577 g/mol. The lowest BCUT2D eigenvalue weighted by Gasteiger charge is -2.61. The molecule has 4 nitrogen and oxygen atoms in total. The third kappa shape index (κ3) is 5.29. The van der Waals surface area contributed by atoms with Gasteiger partial charge in [-0.3, -0.25) is 4.79 Å². The molecule has 1 saturated heterocycles. The molecule has 1 aliphatic heterocycles. The van der Waals surface area contributed by atoms with Crippen LogP contribution in [0.5, 0.6) is 0 Å². The Labute approximate surface area is 256 Å². The van der Waals surface area contributed by atoms with Gasteiger partial charge in [-0.2, -0.15) is 0 Å². The summed E-state index contributed by atoms with van der Waals surface area (Å²) in [5.41, 5.74) is 2.20. The van der Waals surface area contributed by atoms with Gasteiger partial charge in [0.15, 0.2) is 0 Å². The predicted octanol–water partition coefficient (Wildman–Crippen LogP) is 8.53. The molecule has 4 heteroatoms. The van der Waals surface area contributed by atoms with Crippen molar-refractivity contribution in [2.75, 3.05) is 13.1 Å². The number of amides is 1. The van der Waals surface area contributed by atoms with E-state index in [1.165, 1.54) is 56.9 Å². The fraction of sp³-hybridized carbons (Fsp3) is 0.816. The molecule has 0 bridgehead atoms. The molecule has 6 rings (SSSR count). The summed E-state index contributed by atoms with van der Waals surface area (Å²) in [7, 11) is 0. The Morgan fingerprint density at radius 3 is 2.48 bits per heavy atom. The van der Waals surface area contributed by atoms with E-state index in [4.69, 9.17) is 9.47 Å². The Morgan fingerprint density at radius 1 is 1.00 bits per heavy atom. The normalized spacial score (nSPS) is 43.1. The van der Waals surface area contributed by atoms with E-state index in [2.05, 4.69) is 71.9 Å². The van der Waals surface area contributed by atoms with Gasteiger partial charge in [0, 0.05) is 19.0 Å². The molecule has 0 N–H and O–H groups in total. The highest BCUT2D eigenvalue weighted by Gasteiger charge is 2.65. The molecule has 0 aromatic heterocycles. The molecule has 5 fully saturated rings. The first kappa shape index (κ1) is 30.6. The highest BCUT2D eigenvalue weighted by molar-refractivity contribution is 5.78. The molecule has 0 spiro atoms. The van der Waals surface area contributed by atoms with Crippen molar-refractivity contribution < 1.29 is 14.3 Å². The highest BCUT2D eigenvalue weighted by atomic mass is 16.5. The summed E-state index contributed by atoms with van der Waals surface area (Å²) >= 11 is 0. The standard InChI is InChI=1S/C38H59NO3/c1-7-39(8-2)36(40)25(3)14-17-33-26(4)35-34(42-33)23-32-30-16-15-28-22-29(41-24-27-12-10-9-11-13-27)18-20-37(28,5)31(30)19-21-38(32,35)6/h9-13,25-26,28-35H,7-8,14-24H2,1-6H3/t25-,26+,28+,29-,30+,31-,32-,33+,34-,35-,37-,38-/m0/s1. The van der Waals surface area contributed by atoms with E-state index < -0.39 is 0 Å². The first-order valence-corrected chi connectivity index (χ1v) is 17.8. The second-order valence-corrected chi connectivity index (χ2v) is 15.7. The average molecular weight is 578 g/mol. The first-order chi connectivity index (χ1) is 20.2. The van der Waals surface area contributed by atoms with Crippen LogP contribution in [0.1, 0.15) is 111 Å². The zero-order chi connectivity index (χ0) is 29.6. The molecular formula is C38H59NO3. The maximum atomic E-state index is 12.9. The van der Waals surface area contributed by atoms with Crippen LogP contribution >= 0.6 is 0 Å². The van der Waals surface area contributed by atoms with Gasteiger partial charge in [-0.25, -0.2) is 0 Å². The van der Waals surface area contributed by atoms with Crippen LogP contribution in [-0.2, 0) is 20.9 Å². The maximum absolute atomic E-state index is 12.9. The van der Waals surface area contributed by atoms with E-state index in [0.29, 0.717) is 46.9 Å². The summed E-state index contributed by atoms with van der Waals surface area (Å²) in [5, 5.41) is 0. The SMILES string of the molecule is CCN(CC)C(=O)[C@@H](C)CC[C@H]1O[C@H]2C[C@H]3[C@@H]4CC[C@@H]5C[C@@H](OCc6ccccc6)CC[C@]5(C)[C@H]4CC[C@]3(C)[C@H]2[C@@H]1C. The van der Waals surface area contributed by atoms with E-state index in [9.17, 15) is 4.79 Å². The fourth-order valence-corrected chi connectivity index (χ4v) is 11.6. The van der Waals surface area contributed by atoms with Gasteiger partial charge in [-0.15, -0.1) is 0 Å². The van der Waals surface area contributed by atoms with Crippen molar-refractivity contribution in [3.05, 3.63) is 35.9 Å². The zero-order valence-corrected chi connectivity index (χ0v) is 27.5. The maximum Gasteiger partial charge on any atom is 0.225 e. The van der Waals surface area contributed by atoms with Gasteiger partial charge < -0.3 is 14.4 Å². The largest absolute Gasteiger partial charge is 0.374 e. The van der Waals surface area contributed by atoms with Gasteiger partial charge >= 0.3 is 0 Å². The van der Waals surface area contributed by atoms with Gasteiger partial charge in [-0.1, -0.05) is 58.0 Å². The Bertz CT molecular complexity index is 1070. The van der Waals surface area contributed by atoms with Crippen molar-refractivity contribution in [1.29, 1.82) is 0 Å². The molecule has 234 valence electrons. The molecule has 12 atom stereocenters. The molecule has 1 aromatic carbocycles. The number of carbonyl (C=O) groups is 1. The lowest BCUT2D eigenvalue weighted by Crippen LogP contribution is -2.54. The summed E-state index contributed by atoms with van der Waals surface area (Å²) in [6.45, 7) is 16.5. The smallest absolute Gasteiger partial charge is 0.225 e. The average Bonchev–Trinajstić information content (AvgIpc) is 3.48. The minimum atomic E-state index is 0.0923. The Balaban J connectivity index is 1.06. The van der Waals surface area contributed by atoms with Crippen LogP contribution < -0.4 is 0 Å². The van der Waals surface area contributed by atoms with Crippen molar-refractivity contribution in [1.82, 2.24) is 4.90 Å². The number of ether oxygens (including phenoxy) is 2. The highest BCUT2D eigenvalue weighted by Crippen LogP contribution is 2.70. The summed E-state index contributed by atoms with van der Waals surface area (Å²) in [6, 6.07) is 10.7. The van der Waals surface area contributed by atoms with E-state index >= 15 is 0 Å². The van der Waals surface area contributed by atoms with E-state index in [1.54, 1.807) is 0 Å². The minimum absolute atomic E-state index is 0.0923. The van der Waals surface area contributed by atoms with Gasteiger partial charge in [0.25, 0.3) is 0 Å². The van der Waals surface area contributed by atoms with Crippen LogP contribution in [0.25, 0.3) is 0 Å². The fourth-order valence-electron chi connectivity index (χ4n) is 11.6. The second kappa shape index (κ2) is 12.2.